The summed E-state index contributed by atoms with van der Waals surface area (Å²) in [4.78, 5) is 11.6. The van der Waals surface area contributed by atoms with Crippen molar-refractivity contribution in [2.45, 2.75) is 17.7 Å². The fourth-order valence-corrected chi connectivity index (χ4v) is 4.41. The average molecular weight is 426 g/mol. The molecule has 1 aliphatic rings. The number of carbonyl (C=O) groups is 1. The molecule has 0 heterocycles. The highest BCUT2D eigenvalue weighted by Gasteiger charge is 2.29. The molecule has 5 nitrogen and oxygen atoms in total. The molecule has 0 aliphatic heterocycles. The molecule has 0 radical (unpaired) electrons. The summed E-state index contributed by atoms with van der Waals surface area (Å²) in [5, 5.41) is 2.71. The largest absolute Gasteiger partial charge is 0.355 e. The van der Waals surface area contributed by atoms with Crippen LogP contribution in [-0.4, -0.2) is 27.4 Å². The fourth-order valence-electron chi connectivity index (χ4n) is 1.63. The molecular weight excluding hydrogens is 412 g/mol. The van der Waals surface area contributed by atoms with Gasteiger partial charge in [-0.25, -0.2) is 13.1 Å². The lowest BCUT2D eigenvalue weighted by atomic mass is 10.4. The van der Waals surface area contributed by atoms with Gasteiger partial charge in [-0.3, -0.25) is 4.79 Å². The van der Waals surface area contributed by atoms with Crippen LogP contribution in [0.4, 0.5) is 0 Å². The highest BCUT2D eigenvalue weighted by molar-refractivity contribution is 9.11. The summed E-state index contributed by atoms with van der Waals surface area (Å²) < 4.78 is 27.9. The van der Waals surface area contributed by atoms with Crippen LogP contribution in [-0.2, 0) is 14.8 Å². The van der Waals surface area contributed by atoms with Crippen LogP contribution in [0, 0.1) is 5.92 Å². The summed E-state index contributed by atoms with van der Waals surface area (Å²) in [6.45, 7) is 0.464. The molecule has 1 saturated carbocycles. The molecule has 1 aromatic carbocycles. The molecule has 0 spiro atoms. The van der Waals surface area contributed by atoms with Crippen molar-refractivity contribution in [3.63, 3.8) is 0 Å². The van der Waals surface area contributed by atoms with Gasteiger partial charge in [-0.1, -0.05) is 15.9 Å². The number of rotatable bonds is 6. The number of halogens is 2. The zero-order valence-electron chi connectivity index (χ0n) is 10.5. The Bertz CT molecular complexity index is 615. The van der Waals surface area contributed by atoms with E-state index in [1.165, 1.54) is 6.07 Å². The van der Waals surface area contributed by atoms with E-state index in [4.69, 9.17) is 0 Å². The minimum atomic E-state index is -3.58. The third-order valence-corrected chi connectivity index (χ3v) is 5.78. The minimum absolute atomic E-state index is 0.00835. The van der Waals surface area contributed by atoms with E-state index in [1.54, 1.807) is 12.1 Å². The Morgan fingerprint density at radius 2 is 1.95 bits per heavy atom. The smallest absolute Gasteiger partial charge is 0.241 e. The Morgan fingerprint density at radius 3 is 2.55 bits per heavy atom. The van der Waals surface area contributed by atoms with E-state index in [0.717, 1.165) is 17.3 Å². The van der Waals surface area contributed by atoms with E-state index < -0.39 is 10.0 Å². The zero-order chi connectivity index (χ0) is 14.8. The van der Waals surface area contributed by atoms with Gasteiger partial charge in [-0.15, -0.1) is 0 Å². The van der Waals surface area contributed by atoms with Gasteiger partial charge in [-0.2, -0.15) is 0 Å². The lowest BCUT2D eigenvalue weighted by molar-refractivity contribution is -0.122. The molecule has 20 heavy (non-hydrogen) atoms. The molecule has 0 saturated heterocycles. The van der Waals surface area contributed by atoms with Crippen LogP contribution in [0.5, 0.6) is 0 Å². The first-order chi connectivity index (χ1) is 9.40. The van der Waals surface area contributed by atoms with E-state index in [-0.39, 0.29) is 23.3 Å². The molecule has 0 bridgehead atoms. The normalized spacial score (nSPS) is 15.1. The number of benzene rings is 1. The summed E-state index contributed by atoms with van der Waals surface area (Å²) in [6.07, 6.45) is 1.87. The molecule has 1 fully saturated rings. The van der Waals surface area contributed by atoms with Crippen LogP contribution in [0.1, 0.15) is 12.8 Å². The van der Waals surface area contributed by atoms with E-state index >= 15 is 0 Å². The Labute approximate surface area is 134 Å². The lowest BCUT2D eigenvalue weighted by Crippen LogP contribution is -2.35. The minimum Gasteiger partial charge on any atom is -0.355 e. The first kappa shape index (κ1) is 15.9. The van der Waals surface area contributed by atoms with Crippen LogP contribution in [0.2, 0.25) is 0 Å². The van der Waals surface area contributed by atoms with Gasteiger partial charge in [0.05, 0.1) is 4.90 Å². The van der Waals surface area contributed by atoms with Gasteiger partial charge in [0, 0.05) is 28.0 Å². The Balaban J connectivity index is 1.88. The fraction of sp³-hybridized carbons (Fsp3) is 0.417. The Hall–Kier alpha value is -0.440. The third-order valence-electron chi connectivity index (χ3n) is 2.85. The molecule has 1 amide bonds. The van der Waals surface area contributed by atoms with Crippen LogP contribution in [0.3, 0.4) is 0 Å². The summed E-state index contributed by atoms with van der Waals surface area (Å²) in [7, 11) is -3.58. The standard InChI is InChI=1S/C12H14Br2N2O3S/c13-9-3-4-11(10(14)7-9)20(18,19)16-6-5-15-12(17)8-1-2-8/h3-4,7-8,16H,1-2,5-6H2,(H,15,17). The van der Waals surface area contributed by atoms with Gasteiger partial charge in [0.1, 0.15) is 0 Å². The maximum Gasteiger partial charge on any atom is 0.241 e. The van der Waals surface area contributed by atoms with Crippen LogP contribution in [0.25, 0.3) is 0 Å². The average Bonchev–Trinajstić information content (AvgIpc) is 3.18. The van der Waals surface area contributed by atoms with Crippen molar-refractivity contribution in [3.8, 4) is 0 Å². The molecule has 1 aromatic rings. The third kappa shape index (κ3) is 4.28. The number of nitrogens with one attached hydrogen (secondary N) is 2. The molecular formula is C12H14Br2N2O3S. The van der Waals surface area contributed by atoms with Crippen molar-refractivity contribution in [1.82, 2.24) is 10.0 Å². The maximum absolute atomic E-state index is 12.1. The Morgan fingerprint density at radius 1 is 1.25 bits per heavy atom. The number of hydrogen-bond donors (Lipinski definition) is 2. The van der Waals surface area contributed by atoms with E-state index in [0.29, 0.717) is 11.0 Å². The highest BCUT2D eigenvalue weighted by Crippen LogP contribution is 2.28. The van der Waals surface area contributed by atoms with Crippen molar-refractivity contribution >= 4 is 47.8 Å². The Kier molecular flexibility index (Phi) is 5.22. The predicted octanol–water partition coefficient (Wildman–Crippen LogP) is 2.02. The summed E-state index contributed by atoms with van der Waals surface area (Å²) in [5.74, 6) is 0.140. The van der Waals surface area contributed by atoms with E-state index in [9.17, 15) is 13.2 Å². The SMILES string of the molecule is O=C(NCCNS(=O)(=O)c1ccc(Br)cc1Br)C1CC1. The van der Waals surface area contributed by atoms with Gasteiger partial charge >= 0.3 is 0 Å². The first-order valence-corrected chi connectivity index (χ1v) is 9.19. The molecule has 0 atom stereocenters. The van der Waals surface area contributed by atoms with Crippen molar-refractivity contribution in [2.24, 2.45) is 5.92 Å². The highest BCUT2D eigenvalue weighted by atomic mass is 79.9. The molecule has 2 N–H and O–H groups in total. The van der Waals surface area contributed by atoms with Crippen LogP contribution >= 0.6 is 31.9 Å². The van der Waals surface area contributed by atoms with E-state index in [2.05, 4.69) is 41.9 Å². The summed E-state index contributed by atoms with van der Waals surface area (Å²) >= 11 is 6.49. The molecule has 1 aliphatic carbocycles. The lowest BCUT2D eigenvalue weighted by Gasteiger charge is -2.09. The van der Waals surface area contributed by atoms with Crippen molar-refractivity contribution in [2.75, 3.05) is 13.1 Å². The second-order valence-corrected chi connectivity index (χ2v) is 8.04. The first-order valence-electron chi connectivity index (χ1n) is 6.12. The molecule has 110 valence electrons. The van der Waals surface area contributed by atoms with Gasteiger partial charge in [0.15, 0.2) is 0 Å². The number of hydrogen-bond acceptors (Lipinski definition) is 3. The number of carbonyl (C=O) groups excluding carboxylic acids is 1. The van der Waals surface area contributed by atoms with Gasteiger partial charge < -0.3 is 5.32 Å². The molecule has 8 heteroatoms. The zero-order valence-corrected chi connectivity index (χ0v) is 14.5. The monoisotopic (exact) mass is 424 g/mol. The molecule has 0 aromatic heterocycles. The molecule has 0 unspecified atom stereocenters. The number of sulfonamides is 1. The predicted molar refractivity (Wildman–Crippen MR) is 82.8 cm³/mol. The van der Waals surface area contributed by atoms with Gasteiger partial charge in [-0.05, 0) is 47.0 Å². The number of amides is 1. The second kappa shape index (κ2) is 6.55. The van der Waals surface area contributed by atoms with Crippen molar-refractivity contribution in [3.05, 3.63) is 27.1 Å². The van der Waals surface area contributed by atoms with Gasteiger partial charge in [0.2, 0.25) is 15.9 Å². The topological polar surface area (TPSA) is 75.3 Å². The van der Waals surface area contributed by atoms with Crippen LogP contribution in [0.15, 0.2) is 32.0 Å². The second-order valence-electron chi connectivity index (χ2n) is 4.54. The quantitative estimate of drug-likeness (QED) is 0.684. The van der Waals surface area contributed by atoms with Gasteiger partial charge in [0.25, 0.3) is 0 Å². The van der Waals surface area contributed by atoms with E-state index in [1.807, 2.05) is 0 Å². The summed E-state index contributed by atoms with van der Waals surface area (Å²) in [5.41, 5.74) is 0. The summed E-state index contributed by atoms with van der Waals surface area (Å²) in [6, 6.07) is 4.84. The maximum atomic E-state index is 12.1. The molecule has 2 rings (SSSR count). The van der Waals surface area contributed by atoms with Crippen molar-refractivity contribution in [1.29, 1.82) is 0 Å². The van der Waals surface area contributed by atoms with Crippen LogP contribution < -0.4 is 10.0 Å². The van der Waals surface area contributed by atoms with Crippen molar-refractivity contribution < 1.29 is 13.2 Å².